The van der Waals surface area contributed by atoms with Crippen molar-refractivity contribution in [2.75, 3.05) is 5.88 Å². The van der Waals surface area contributed by atoms with Crippen molar-refractivity contribution in [1.82, 2.24) is 0 Å². The van der Waals surface area contributed by atoms with E-state index < -0.39 is 0 Å². The number of fused-ring (bicyclic) bond motifs is 2. The Balaban J connectivity index is 1.91. The molecule has 0 N–H and O–H groups in total. The summed E-state index contributed by atoms with van der Waals surface area (Å²) in [6.07, 6.45) is 2.28. The van der Waals surface area contributed by atoms with Crippen LogP contribution in [0.5, 0.6) is 0 Å². The summed E-state index contributed by atoms with van der Waals surface area (Å²) in [4.78, 5) is 1.42. The molecule has 0 spiro atoms. The lowest BCUT2D eigenvalue weighted by molar-refractivity contribution is -0.411. The lowest BCUT2D eigenvalue weighted by atomic mass is 10.0. The first kappa shape index (κ1) is 12.7. The smallest absolute Gasteiger partial charge is 0.188 e. The molecule has 0 unspecified atom stereocenters. The molecule has 1 heterocycles. The number of nitrogens with zero attached hydrogens (tertiary/aromatic N) is 1. The third kappa shape index (κ3) is 2.16. The van der Waals surface area contributed by atoms with Crippen molar-refractivity contribution in [2.45, 2.75) is 11.8 Å². The van der Waals surface area contributed by atoms with Gasteiger partial charge in [-0.05, 0) is 29.3 Å². The Kier molecular flexibility index (Phi) is 3.04. The zero-order valence-corrected chi connectivity index (χ0v) is 12.7. The molecule has 1 aliphatic heterocycles. The summed E-state index contributed by atoms with van der Waals surface area (Å²) in [6.45, 7) is 2.24. The van der Waals surface area contributed by atoms with Gasteiger partial charge in [0.05, 0.1) is 5.56 Å². The maximum absolute atomic E-state index is 2.32. The van der Waals surface area contributed by atoms with Gasteiger partial charge in [-0.15, -0.1) is 0 Å². The summed E-state index contributed by atoms with van der Waals surface area (Å²) in [6, 6.07) is 21.5. The fraction of sp³-hybridized carbons (Fsp3) is 0.105. The van der Waals surface area contributed by atoms with E-state index in [-0.39, 0.29) is 0 Å². The Morgan fingerprint density at radius 1 is 0.952 bits per heavy atom. The zero-order chi connectivity index (χ0) is 14.2. The molecule has 1 nitrogen and oxygen atoms in total. The lowest BCUT2D eigenvalue weighted by Crippen LogP contribution is -2.13. The maximum Gasteiger partial charge on any atom is 0.205 e. The highest BCUT2D eigenvalue weighted by Gasteiger charge is 2.21. The highest BCUT2D eigenvalue weighted by Crippen LogP contribution is 2.35. The second-order valence-corrected chi connectivity index (χ2v) is 6.30. The number of thioether (sulfide) groups is 1. The predicted octanol–water partition coefficient (Wildman–Crippen LogP) is 4.97. The monoisotopic (exact) mass is 290 g/mol. The van der Waals surface area contributed by atoms with Gasteiger partial charge in [-0.2, -0.15) is 4.58 Å². The quantitative estimate of drug-likeness (QED) is 0.571. The average molecular weight is 290 g/mol. The van der Waals surface area contributed by atoms with Crippen LogP contribution in [0.25, 0.3) is 10.8 Å². The van der Waals surface area contributed by atoms with Gasteiger partial charge in [0.2, 0.25) is 5.69 Å². The molecule has 0 saturated heterocycles. The molecule has 0 saturated carbocycles. The first-order valence-electron chi connectivity index (χ1n) is 7.14. The van der Waals surface area contributed by atoms with E-state index in [0.717, 1.165) is 5.88 Å². The van der Waals surface area contributed by atoms with Crippen LogP contribution in [0.3, 0.4) is 0 Å². The molecule has 0 fully saturated rings. The zero-order valence-electron chi connectivity index (χ0n) is 11.9. The van der Waals surface area contributed by atoms with Crippen LogP contribution < -0.4 is 0 Å². The van der Waals surface area contributed by atoms with Crippen LogP contribution in [-0.2, 0) is 0 Å². The molecule has 3 aromatic carbocycles. The van der Waals surface area contributed by atoms with Gasteiger partial charge in [0.15, 0.2) is 12.1 Å². The number of para-hydroxylation sites is 1. The average Bonchev–Trinajstić information content (AvgIpc) is 2.55. The summed E-state index contributed by atoms with van der Waals surface area (Å²) in [5.74, 6) is 0.968. The first-order valence-corrected chi connectivity index (χ1v) is 8.13. The van der Waals surface area contributed by atoms with Crippen molar-refractivity contribution in [3.8, 4) is 0 Å². The molecule has 4 rings (SSSR count). The van der Waals surface area contributed by atoms with Crippen LogP contribution in [0.15, 0.2) is 65.6 Å². The van der Waals surface area contributed by atoms with Crippen molar-refractivity contribution in [3.05, 3.63) is 71.8 Å². The summed E-state index contributed by atoms with van der Waals surface area (Å²) >= 11 is 1.93. The molecule has 21 heavy (non-hydrogen) atoms. The van der Waals surface area contributed by atoms with Crippen LogP contribution in [0, 0.1) is 6.92 Å². The van der Waals surface area contributed by atoms with Crippen LogP contribution in [-0.4, -0.2) is 16.7 Å². The van der Waals surface area contributed by atoms with Gasteiger partial charge in [-0.25, -0.2) is 0 Å². The molecule has 0 radical (unpaired) electrons. The van der Waals surface area contributed by atoms with E-state index in [0.29, 0.717) is 0 Å². The minimum absolute atomic E-state index is 0.968. The Morgan fingerprint density at radius 3 is 2.57 bits per heavy atom. The topological polar surface area (TPSA) is 3.01 Å². The van der Waals surface area contributed by atoms with E-state index in [1.54, 1.807) is 0 Å². The number of benzene rings is 3. The summed E-state index contributed by atoms with van der Waals surface area (Å²) in [5.41, 5.74) is 3.98. The van der Waals surface area contributed by atoms with Crippen molar-refractivity contribution in [1.29, 1.82) is 0 Å². The fourth-order valence-corrected chi connectivity index (χ4v) is 4.03. The molecule has 2 heteroatoms. The number of aryl methyl sites for hydroxylation is 1. The van der Waals surface area contributed by atoms with Crippen molar-refractivity contribution < 1.29 is 4.58 Å². The van der Waals surface area contributed by atoms with Crippen LogP contribution in [0.2, 0.25) is 0 Å². The molecule has 3 aromatic rings. The lowest BCUT2D eigenvalue weighted by Gasteiger charge is -2.16. The van der Waals surface area contributed by atoms with E-state index in [2.05, 4.69) is 78.4 Å². The fourth-order valence-electron chi connectivity index (χ4n) is 2.93. The Hall–Kier alpha value is -2.06. The minimum atomic E-state index is 0.968. The third-order valence-electron chi connectivity index (χ3n) is 4.01. The van der Waals surface area contributed by atoms with E-state index in [4.69, 9.17) is 0 Å². The molecule has 0 aromatic heterocycles. The predicted molar refractivity (Wildman–Crippen MR) is 90.9 cm³/mol. The third-order valence-corrected chi connectivity index (χ3v) is 5.25. The molecule has 0 bridgehead atoms. The minimum Gasteiger partial charge on any atom is -0.188 e. The largest absolute Gasteiger partial charge is 0.205 e. The molecular weight excluding hydrogens is 274 g/mol. The Labute approximate surface area is 128 Å². The highest BCUT2D eigenvalue weighted by atomic mass is 32.2. The molecule has 0 aliphatic carbocycles. The highest BCUT2D eigenvalue weighted by molar-refractivity contribution is 7.99. The SMILES string of the molecule is Cc1c2c(cc3ccccc13)C=[N+](c1ccccc1)CS2. The number of hydrogen-bond donors (Lipinski definition) is 0. The summed E-state index contributed by atoms with van der Waals surface area (Å²) < 4.78 is 2.32. The standard InChI is InChI=1S/C19H16NS/c1-14-18-10-6-5-7-15(18)11-16-12-20(13-21-19(14)16)17-8-3-2-4-9-17/h2-12H,13H2,1H3/q+1. The van der Waals surface area contributed by atoms with Crippen LogP contribution in [0.4, 0.5) is 5.69 Å². The van der Waals surface area contributed by atoms with Gasteiger partial charge in [-0.3, -0.25) is 0 Å². The van der Waals surface area contributed by atoms with Gasteiger partial charge in [0.25, 0.3) is 0 Å². The number of hydrogen-bond acceptors (Lipinski definition) is 1. The Morgan fingerprint density at radius 2 is 1.71 bits per heavy atom. The van der Waals surface area contributed by atoms with E-state index in [1.165, 1.54) is 32.5 Å². The van der Waals surface area contributed by atoms with Gasteiger partial charge < -0.3 is 0 Å². The molecule has 0 atom stereocenters. The van der Waals surface area contributed by atoms with Crippen LogP contribution >= 0.6 is 11.8 Å². The van der Waals surface area contributed by atoms with Crippen LogP contribution in [0.1, 0.15) is 11.1 Å². The van der Waals surface area contributed by atoms with E-state index >= 15 is 0 Å². The Bertz CT molecular complexity index is 850. The summed E-state index contributed by atoms with van der Waals surface area (Å²) in [7, 11) is 0. The maximum atomic E-state index is 2.32. The van der Waals surface area contributed by atoms with Crippen molar-refractivity contribution >= 4 is 34.4 Å². The van der Waals surface area contributed by atoms with Gasteiger partial charge in [-0.1, -0.05) is 54.2 Å². The molecule has 102 valence electrons. The van der Waals surface area contributed by atoms with Gasteiger partial charge in [0, 0.05) is 17.0 Å². The van der Waals surface area contributed by atoms with Gasteiger partial charge >= 0.3 is 0 Å². The number of rotatable bonds is 1. The molecule has 0 amide bonds. The van der Waals surface area contributed by atoms with Crippen molar-refractivity contribution in [3.63, 3.8) is 0 Å². The van der Waals surface area contributed by atoms with Gasteiger partial charge in [0.1, 0.15) is 0 Å². The van der Waals surface area contributed by atoms with E-state index in [9.17, 15) is 0 Å². The summed E-state index contributed by atoms with van der Waals surface area (Å²) in [5, 5.41) is 2.69. The second-order valence-electron chi connectivity index (χ2n) is 5.35. The second kappa shape index (κ2) is 5.05. The van der Waals surface area contributed by atoms with Crippen molar-refractivity contribution in [2.24, 2.45) is 0 Å². The van der Waals surface area contributed by atoms with E-state index in [1.807, 2.05) is 11.8 Å². The molecule has 1 aliphatic rings. The molecular formula is C19H16NS+. The first-order chi connectivity index (χ1) is 10.3. The normalized spacial score (nSPS) is 13.9.